The van der Waals surface area contributed by atoms with Crippen molar-refractivity contribution in [2.45, 2.75) is 39.0 Å². The lowest BCUT2D eigenvalue weighted by Crippen LogP contribution is -2.41. The third-order valence-electron chi connectivity index (χ3n) is 4.64. The zero-order chi connectivity index (χ0) is 21.9. The summed E-state index contributed by atoms with van der Waals surface area (Å²) < 4.78 is 40.9. The summed E-state index contributed by atoms with van der Waals surface area (Å²) in [6, 6.07) is 10.7. The molecule has 30 heavy (non-hydrogen) atoms. The minimum atomic E-state index is -4.54. The van der Waals surface area contributed by atoms with Gasteiger partial charge in [0.25, 0.3) is 5.56 Å². The van der Waals surface area contributed by atoms with Crippen molar-refractivity contribution in [2.75, 3.05) is 5.32 Å². The Labute approximate surface area is 169 Å². The number of aromatic nitrogens is 2. The lowest BCUT2D eigenvalue weighted by atomic mass is 10.2. The molecule has 158 valence electrons. The van der Waals surface area contributed by atoms with Crippen LogP contribution in [-0.2, 0) is 24.1 Å². The van der Waals surface area contributed by atoms with Crippen LogP contribution in [0.1, 0.15) is 25.3 Å². The molecule has 0 fully saturated rings. The van der Waals surface area contributed by atoms with Crippen molar-refractivity contribution in [3.05, 3.63) is 74.9 Å². The predicted octanol–water partition coefficient (Wildman–Crippen LogP) is 3.62. The Morgan fingerprint density at radius 3 is 2.47 bits per heavy atom. The van der Waals surface area contributed by atoms with Gasteiger partial charge in [-0.05, 0) is 36.8 Å². The highest BCUT2D eigenvalue weighted by Gasteiger charge is 2.30. The second-order valence-electron chi connectivity index (χ2n) is 6.82. The number of fused-ring (bicyclic) bond motifs is 1. The van der Waals surface area contributed by atoms with E-state index < -0.39 is 35.4 Å². The summed E-state index contributed by atoms with van der Waals surface area (Å²) in [5, 5.41) is 2.68. The van der Waals surface area contributed by atoms with E-state index in [0.29, 0.717) is 17.3 Å². The molecule has 0 atom stereocenters. The van der Waals surface area contributed by atoms with Gasteiger partial charge < -0.3 is 5.32 Å². The predicted molar refractivity (Wildman–Crippen MR) is 107 cm³/mol. The highest BCUT2D eigenvalue weighted by atomic mass is 19.4. The molecule has 3 aromatic rings. The van der Waals surface area contributed by atoms with E-state index >= 15 is 0 Å². The van der Waals surface area contributed by atoms with Crippen molar-refractivity contribution >= 4 is 22.5 Å². The molecule has 9 heteroatoms. The molecule has 1 N–H and O–H groups in total. The molecular formula is C21H20F3N3O3. The van der Waals surface area contributed by atoms with Crippen LogP contribution >= 0.6 is 0 Å². The lowest BCUT2D eigenvalue weighted by Gasteiger charge is -2.14. The minimum absolute atomic E-state index is 0.0357. The molecule has 0 saturated heterocycles. The maximum Gasteiger partial charge on any atom is 0.416 e. The minimum Gasteiger partial charge on any atom is -0.325 e. The van der Waals surface area contributed by atoms with E-state index in [1.54, 1.807) is 24.3 Å². The quantitative estimate of drug-likeness (QED) is 0.663. The summed E-state index contributed by atoms with van der Waals surface area (Å²) >= 11 is 0. The summed E-state index contributed by atoms with van der Waals surface area (Å²) in [5.41, 5.74) is -1.70. The Bertz CT molecular complexity index is 1200. The summed E-state index contributed by atoms with van der Waals surface area (Å²) in [7, 11) is 0. The average molecular weight is 419 g/mol. The maximum atomic E-state index is 12.9. The standard InChI is InChI=1S/C21H20F3N3O3/c1-2-3-11-26-19(29)16-9-4-5-10-17(16)27(20(26)30)13-18(28)25-15-8-6-7-14(12-15)21(22,23)24/h4-10,12H,2-3,11,13H2,1H3,(H,25,28). The number of carbonyl (C=O) groups is 1. The van der Waals surface area contributed by atoms with E-state index in [1.807, 2.05) is 6.92 Å². The number of alkyl halides is 3. The monoisotopic (exact) mass is 419 g/mol. The van der Waals surface area contributed by atoms with Gasteiger partial charge in [0.05, 0.1) is 16.5 Å². The van der Waals surface area contributed by atoms with Gasteiger partial charge in [0.2, 0.25) is 5.91 Å². The van der Waals surface area contributed by atoms with Crippen molar-refractivity contribution in [3.63, 3.8) is 0 Å². The second kappa shape index (κ2) is 8.56. The number of para-hydroxylation sites is 1. The Hall–Kier alpha value is -3.36. The fourth-order valence-corrected chi connectivity index (χ4v) is 3.15. The second-order valence-corrected chi connectivity index (χ2v) is 6.82. The molecule has 0 aliphatic rings. The number of unbranched alkanes of at least 4 members (excludes halogenated alkanes) is 1. The number of carbonyl (C=O) groups excluding carboxylic acids is 1. The Morgan fingerprint density at radius 1 is 1.03 bits per heavy atom. The van der Waals surface area contributed by atoms with Crippen molar-refractivity contribution in [1.29, 1.82) is 0 Å². The van der Waals surface area contributed by atoms with Crippen molar-refractivity contribution < 1.29 is 18.0 Å². The smallest absolute Gasteiger partial charge is 0.325 e. The molecule has 3 rings (SSSR count). The number of amides is 1. The summed E-state index contributed by atoms with van der Waals surface area (Å²) in [5.74, 6) is -0.678. The number of nitrogens with one attached hydrogen (secondary N) is 1. The van der Waals surface area contributed by atoms with Gasteiger partial charge in [0.15, 0.2) is 0 Å². The van der Waals surface area contributed by atoms with Gasteiger partial charge in [-0.25, -0.2) is 4.79 Å². The van der Waals surface area contributed by atoms with Gasteiger partial charge in [0.1, 0.15) is 6.54 Å². The van der Waals surface area contributed by atoms with E-state index in [9.17, 15) is 27.6 Å². The number of hydrogen-bond acceptors (Lipinski definition) is 3. The van der Waals surface area contributed by atoms with Crippen molar-refractivity contribution in [3.8, 4) is 0 Å². The maximum absolute atomic E-state index is 12.9. The number of benzene rings is 2. The molecule has 6 nitrogen and oxygen atoms in total. The van der Waals surface area contributed by atoms with Gasteiger partial charge in [-0.3, -0.25) is 18.7 Å². The van der Waals surface area contributed by atoms with Gasteiger partial charge >= 0.3 is 11.9 Å². The summed E-state index contributed by atoms with van der Waals surface area (Å²) in [6.45, 7) is 1.70. The van der Waals surface area contributed by atoms with E-state index in [4.69, 9.17) is 0 Å². The first-order valence-electron chi connectivity index (χ1n) is 9.42. The number of rotatable bonds is 6. The number of anilines is 1. The molecule has 0 spiro atoms. The van der Waals surface area contributed by atoms with Crippen LogP contribution < -0.4 is 16.6 Å². The SMILES string of the molecule is CCCCn1c(=O)c2ccccc2n(CC(=O)Nc2cccc(C(F)(F)F)c2)c1=O. The fraction of sp³-hybridized carbons (Fsp3) is 0.286. The third-order valence-corrected chi connectivity index (χ3v) is 4.64. The Morgan fingerprint density at radius 2 is 1.77 bits per heavy atom. The topological polar surface area (TPSA) is 73.1 Å². The molecular weight excluding hydrogens is 399 g/mol. The first kappa shape index (κ1) is 21.4. The largest absolute Gasteiger partial charge is 0.416 e. The van der Waals surface area contributed by atoms with E-state index in [2.05, 4.69) is 5.32 Å². The van der Waals surface area contributed by atoms with Gasteiger partial charge in [-0.2, -0.15) is 13.2 Å². The van der Waals surface area contributed by atoms with Crippen LogP contribution in [-0.4, -0.2) is 15.0 Å². The average Bonchev–Trinajstić information content (AvgIpc) is 2.71. The van der Waals surface area contributed by atoms with Crippen molar-refractivity contribution in [1.82, 2.24) is 9.13 Å². The van der Waals surface area contributed by atoms with Crippen LogP contribution in [0, 0.1) is 0 Å². The molecule has 0 radical (unpaired) electrons. The van der Waals surface area contributed by atoms with Gasteiger partial charge in [0, 0.05) is 12.2 Å². The zero-order valence-corrected chi connectivity index (χ0v) is 16.2. The van der Waals surface area contributed by atoms with Gasteiger partial charge in [-0.1, -0.05) is 31.5 Å². The molecule has 2 aromatic carbocycles. The van der Waals surface area contributed by atoms with Gasteiger partial charge in [-0.15, -0.1) is 0 Å². The van der Waals surface area contributed by atoms with Crippen LogP contribution in [0.2, 0.25) is 0 Å². The molecule has 0 bridgehead atoms. The van der Waals surface area contributed by atoms with Crippen LogP contribution in [0.5, 0.6) is 0 Å². The number of halogens is 3. The fourth-order valence-electron chi connectivity index (χ4n) is 3.15. The molecule has 1 amide bonds. The Balaban J connectivity index is 1.96. The van der Waals surface area contributed by atoms with E-state index in [0.717, 1.165) is 27.7 Å². The molecule has 1 heterocycles. The molecule has 0 saturated carbocycles. The number of hydrogen-bond donors (Lipinski definition) is 1. The molecule has 0 aliphatic carbocycles. The first-order chi connectivity index (χ1) is 14.2. The third kappa shape index (κ3) is 4.45. The van der Waals surface area contributed by atoms with Crippen LogP contribution in [0.3, 0.4) is 0 Å². The number of nitrogens with zero attached hydrogens (tertiary/aromatic N) is 2. The summed E-state index contributed by atoms with van der Waals surface area (Å²) in [6.07, 6.45) is -3.15. The lowest BCUT2D eigenvalue weighted by molar-refractivity contribution is -0.137. The van der Waals surface area contributed by atoms with E-state index in [1.165, 1.54) is 12.1 Å². The van der Waals surface area contributed by atoms with E-state index in [-0.39, 0.29) is 12.2 Å². The highest BCUT2D eigenvalue weighted by molar-refractivity contribution is 5.91. The molecule has 0 aliphatic heterocycles. The highest BCUT2D eigenvalue weighted by Crippen LogP contribution is 2.30. The first-order valence-corrected chi connectivity index (χ1v) is 9.42. The Kier molecular flexibility index (Phi) is 6.09. The normalized spacial score (nSPS) is 11.6. The van der Waals surface area contributed by atoms with Crippen LogP contribution in [0.25, 0.3) is 10.9 Å². The van der Waals surface area contributed by atoms with Crippen molar-refractivity contribution in [2.24, 2.45) is 0 Å². The molecule has 0 unspecified atom stereocenters. The van der Waals surface area contributed by atoms with Crippen LogP contribution in [0.4, 0.5) is 18.9 Å². The summed E-state index contributed by atoms with van der Waals surface area (Å²) in [4.78, 5) is 38.0. The van der Waals surface area contributed by atoms with Crippen LogP contribution in [0.15, 0.2) is 58.1 Å². The molecule has 1 aromatic heterocycles. The zero-order valence-electron chi connectivity index (χ0n) is 16.2.